The van der Waals surface area contributed by atoms with Gasteiger partial charge in [0.15, 0.2) is 0 Å². The van der Waals surface area contributed by atoms with Crippen LogP contribution < -0.4 is 5.32 Å². The summed E-state index contributed by atoms with van der Waals surface area (Å²) >= 11 is 11.8. The minimum Gasteiger partial charge on any atom is -0.340 e. The molecule has 0 bridgehead atoms. The highest BCUT2D eigenvalue weighted by Crippen LogP contribution is 2.23. The zero-order valence-electron chi connectivity index (χ0n) is 11.7. The van der Waals surface area contributed by atoms with Crippen molar-refractivity contribution in [3.05, 3.63) is 21.9 Å². The highest BCUT2D eigenvalue weighted by atomic mass is 35.5. The van der Waals surface area contributed by atoms with Gasteiger partial charge in [0.2, 0.25) is 0 Å². The summed E-state index contributed by atoms with van der Waals surface area (Å²) in [4.78, 5) is 17.3. The molecule has 112 valence electrons. The van der Waals surface area contributed by atoms with Crippen LogP contribution in [-0.4, -0.2) is 42.0 Å². The monoisotopic (exact) mass is 317 g/mol. The summed E-state index contributed by atoms with van der Waals surface area (Å²) in [5, 5.41) is 4.07. The summed E-state index contributed by atoms with van der Waals surface area (Å²) in [7, 11) is 0. The lowest BCUT2D eigenvalue weighted by Crippen LogP contribution is -2.39. The van der Waals surface area contributed by atoms with Gasteiger partial charge in [-0.25, -0.2) is 0 Å². The fourth-order valence-corrected chi connectivity index (χ4v) is 2.92. The van der Waals surface area contributed by atoms with E-state index in [1.807, 2.05) is 4.90 Å². The van der Waals surface area contributed by atoms with Gasteiger partial charge in [-0.05, 0) is 44.3 Å². The van der Waals surface area contributed by atoms with Crippen LogP contribution in [0.3, 0.4) is 0 Å². The Morgan fingerprint density at radius 2 is 2.10 bits per heavy atom. The predicted molar refractivity (Wildman–Crippen MR) is 82.6 cm³/mol. The Kier molecular flexibility index (Phi) is 5.75. The third kappa shape index (κ3) is 3.90. The zero-order chi connectivity index (χ0) is 14.5. The molecular weight excluding hydrogens is 297 g/mol. The average molecular weight is 318 g/mol. The van der Waals surface area contributed by atoms with Crippen molar-refractivity contribution in [1.29, 1.82) is 0 Å². The van der Waals surface area contributed by atoms with Crippen LogP contribution in [0.2, 0.25) is 10.2 Å². The Morgan fingerprint density at radius 3 is 2.65 bits per heavy atom. The van der Waals surface area contributed by atoms with Crippen LogP contribution in [-0.2, 0) is 0 Å². The quantitative estimate of drug-likeness (QED) is 0.876. The Bertz CT molecular complexity index is 436. The maximum absolute atomic E-state index is 12.5. The van der Waals surface area contributed by atoms with E-state index < -0.39 is 0 Å². The van der Waals surface area contributed by atoms with Gasteiger partial charge in [0.05, 0.1) is 5.02 Å². The first-order chi connectivity index (χ1) is 9.61. The van der Waals surface area contributed by atoms with Gasteiger partial charge in [0.1, 0.15) is 10.8 Å². The number of hydrogen-bond acceptors (Lipinski definition) is 2. The van der Waals surface area contributed by atoms with Crippen LogP contribution in [0.15, 0.2) is 6.07 Å². The first kappa shape index (κ1) is 15.7. The largest absolute Gasteiger partial charge is 0.340 e. The lowest BCUT2D eigenvalue weighted by atomic mass is 9.97. The van der Waals surface area contributed by atoms with E-state index in [0.717, 1.165) is 45.4 Å². The number of rotatable bonds is 5. The lowest BCUT2D eigenvalue weighted by molar-refractivity contribution is 0.0711. The number of amides is 1. The molecule has 0 radical (unpaired) electrons. The second-order valence-corrected chi connectivity index (χ2v) is 6.07. The number of carbonyl (C=O) groups excluding carboxylic acids is 1. The zero-order valence-corrected chi connectivity index (χ0v) is 13.2. The number of aromatic nitrogens is 1. The highest BCUT2D eigenvalue weighted by molar-refractivity contribution is 6.41. The third-order valence-electron chi connectivity index (χ3n) is 3.67. The van der Waals surface area contributed by atoms with Gasteiger partial charge < -0.3 is 15.2 Å². The molecule has 1 aliphatic heterocycles. The van der Waals surface area contributed by atoms with Gasteiger partial charge in [-0.15, -0.1) is 0 Å². The van der Waals surface area contributed by atoms with E-state index in [4.69, 9.17) is 23.2 Å². The number of H-pyrrole nitrogens is 1. The number of nitrogens with one attached hydrogen (secondary N) is 2. The Hall–Kier alpha value is -0.710. The van der Waals surface area contributed by atoms with Crippen LogP contribution >= 0.6 is 23.2 Å². The number of piperidine rings is 1. The Labute approximate surface area is 129 Å². The maximum Gasteiger partial charge on any atom is 0.270 e. The van der Waals surface area contributed by atoms with Crippen molar-refractivity contribution < 1.29 is 4.79 Å². The predicted octanol–water partition coefficient (Wildman–Crippen LogP) is 3.17. The minimum atomic E-state index is -0.0146. The molecule has 1 aromatic heterocycles. The molecule has 0 unspecified atom stereocenters. The van der Waals surface area contributed by atoms with Crippen molar-refractivity contribution >= 4 is 29.1 Å². The van der Waals surface area contributed by atoms with Crippen molar-refractivity contribution in [2.45, 2.75) is 26.2 Å². The molecule has 20 heavy (non-hydrogen) atoms. The highest BCUT2D eigenvalue weighted by Gasteiger charge is 2.22. The molecule has 4 nitrogen and oxygen atoms in total. The molecule has 1 aliphatic rings. The molecule has 1 aromatic rings. The Morgan fingerprint density at radius 1 is 1.40 bits per heavy atom. The van der Waals surface area contributed by atoms with E-state index in [1.54, 1.807) is 6.07 Å². The van der Waals surface area contributed by atoms with Crippen molar-refractivity contribution in [1.82, 2.24) is 15.2 Å². The van der Waals surface area contributed by atoms with E-state index in [1.165, 1.54) is 0 Å². The number of hydrogen-bond donors (Lipinski definition) is 2. The van der Waals surface area contributed by atoms with Crippen LogP contribution in [0.5, 0.6) is 0 Å². The van der Waals surface area contributed by atoms with Crippen LogP contribution in [0.4, 0.5) is 0 Å². The van der Waals surface area contributed by atoms with E-state index >= 15 is 0 Å². The molecule has 0 spiro atoms. The molecule has 0 aromatic carbocycles. The smallest absolute Gasteiger partial charge is 0.270 e. The number of carbonyl (C=O) groups is 1. The van der Waals surface area contributed by atoms with Crippen molar-refractivity contribution in [3.63, 3.8) is 0 Å². The minimum absolute atomic E-state index is 0.0146. The molecule has 0 saturated carbocycles. The molecule has 1 saturated heterocycles. The normalized spacial score (nSPS) is 16.4. The standard InChI is InChI=1S/C14H21Cl2N3O/c1-2-7-19(9-10-3-5-17-6-4-10)14(20)12-8-11(15)13(16)18-12/h8,10,17-18H,2-7,9H2,1H3. The third-order valence-corrected chi connectivity index (χ3v) is 4.37. The van der Waals surface area contributed by atoms with Crippen LogP contribution in [0.25, 0.3) is 0 Å². The van der Waals surface area contributed by atoms with Gasteiger partial charge >= 0.3 is 0 Å². The first-order valence-corrected chi connectivity index (χ1v) is 7.91. The molecule has 2 rings (SSSR count). The molecule has 0 aliphatic carbocycles. The Balaban J connectivity index is 2.04. The van der Waals surface area contributed by atoms with Gasteiger partial charge in [-0.1, -0.05) is 30.1 Å². The molecule has 6 heteroatoms. The molecule has 2 N–H and O–H groups in total. The van der Waals surface area contributed by atoms with Crippen molar-refractivity contribution in [2.24, 2.45) is 5.92 Å². The average Bonchev–Trinajstić information content (AvgIpc) is 2.78. The lowest BCUT2D eigenvalue weighted by Gasteiger charge is -2.29. The molecule has 0 atom stereocenters. The van der Waals surface area contributed by atoms with E-state index in [9.17, 15) is 4.79 Å². The number of nitrogens with zero attached hydrogens (tertiary/aromatic N) is 1. The number of halogens is 2. The summed E-state index contributed by atoms with van der Waals surface area (Å²) in [5.41, 5.74) is 0.474. The second-order valence-electron chi connectivity index (χ2n) is 5.29. The molecule has 2 heterocycles. The SMILES string of the molecule is CCCN(CC1CCNCC1)C(=O)c1cc(Cl)c(Cl)[nH]1. The fourth-order valence-electron chi connectivity index (χ4n) is 2.61. The van der Waals surface area contributed by atoms with Gasteiger partial charge in [0.25, 0.3) is 5.91 Å². The van der Waals surface area contributed by atoms with Gasteiger partial charge in [-0.2, -0.15) is 0 Å². The summed E-state index contributed by atoms with van der Waals surface area (Å²) in [6.07, 6.45) is 3.19. The van der Waals surface area contributed by atoms with Crippen LogP contribution in [0.1, 0.15) is 36.7 Å². The number of aromatic amines is 1. The van der Waals surface area contributed by atoms with E-state index in [-0.39, 0.29) is 5.91 Å². The van der Waals surface area contributed by atoms with Crippen molar-refractivity contribution in [3.8, 4) is 0 Å². The first-order valence-electron chi connectivity index (χ1n) is 7.15. The van der Waals surface area contributed by atoms with E-state index in [0.29, 0.717) is 21.8 Å². The summed E-state index contributed by atoms with van der Waals surface area (Å²) < 4.78 is 0. The summed E-state index contributed by atoms with van der Waals surface area (Å²) in [6, 6.07) is 1.61. The molecule has 1 fully saturated rings. The second kappa shape index (κ2) is 7.34. The maximum atomic E-state index is 12.5. The van der Waals surface area contributed by atoms with Gasteiger partial charge in [0, 0.05) is 13.1 Å². The van der Waals surface area contributed by atoms with Crippen molar-refractivity contribution in [2.75, 3.05) is 26.2 Å². The topological polar surface area (TPSA) is 48.1 Å². The van der Waals surface area contributed by atoms with Crippen LogP contribution in [0, 0.1) is 5.92 Å². The molecule has 1 amide bonds. The fraction of sp³-hybridized carbons (Fsp3) is 0.643. The van der Waals surface area contributed by atoms with E-state index in [2.05, 4.69) is 17.2 Å². The summed E-state index contributed by atoms with van der Waals surface area (Å²) in [6.45, 7) is 5.73. The van der Waals surface area contributed by atoms with Gasteiger partial charge in [-0.3, -0.25) is 4.79 Å². The molecular formula is C14H21Cl2N3O. The summed E-state index contributed by atoms with van der Waals surface area (Å²) in [5.74, 6) is 0.562.